The molecule has 0 saturated carbocycles. The van der Waals surface area contributed by atoms with Gasteiger partial charge in [-0.25, -0.2) is 0 Å². The van der Waals surface area contributed by atoms with Gasteiger partial charge in [0, 0.05) is 10.6 Å². The number of Topliss-reactive ketones (excluding diaryl/α,β-unsaturated/α-hetero) is 2. The third-order valence-corrected chi connectivity index (χ3v) is 2.15. The molecule has 0 saturated heterocycles. The molecule has 0 bridgehead atoms. The van der Waals surface area contributed by atoms with E-state index in [2.05, 4.69) is 10.0 Å². The highest BCUT2D eigenvalue weighted by atomic mass is 16.1. The van der Waals surface area contributed by atoms with Crippen molar-refractivity contribution in [2.24, 2.45) is 5.11 Å². The van der Waals surface area contributed by atoms with E-state index in [-0.39, 0.29) is 17.1 Å². The molecular weight excluding hydrogens is 218 g/mol. The number of azide groups is 1. The van der Waals surface area contributed by atoms with E-state index in [0.29, 0.717) is 11.3 Å². The Labute approximate surface area is 98.4 Å². The lowest BCUT2D eigenvalue weighted by atomic mass is 10.0. The molecule has 0 heterocycles. The van der Waals surface area contributed by atoms with E-state index in [1.54, 1.807) is 24.3 Å². The lowest BCUT2D eigenvalue weighted by molar-refractivity contribution is -0.119. The third kappa shape index (κ3) is 3.29. The Hall–Kier alpha value is -2.39. The molecule has 0 spiro atoms. The second-order valence-electron chi connectivity index (χ2n) is 3.42. The maximum absolute atomic E-state index is 11.3. The minimum atomic E-state index is -0.312. The molecule has 0 fully saturated rings. The van der Waals surface area contributed by atoms with Crippen LogP contribution in [-0.2, 0) is 9.59 Å². The van der Waals surface area contributed by atoms with Crippen LogP contribution in [-0.4, -0.2) is 11.6 Å². The molecule has 0 amide bonds. The van der Waals surface area contributed by atoms with Gasteiger partial charge in [0.05, 0.1) is 5.57 Å². The Balaban J connectivity index is 3.33. The number of rotatable bonds is 4. The van der Waals surface area contributed by atoms with Crippen molar-refractivity contribution in [3.63, 3.8) is 0 Å². The maximum atomic E-state index is 11.3. The summed E-state index contributed by atoms with van der Waals surface area (Å²) in [6.45, 7) is 2.65. The molecule has 0 radical (unpaired) electrons. The first kappa shape index (κ1) is 12.7. The summed E-state index contributed by atoms with van der Waals surface area (Å²) < 4.78 is 0. The fraction of sp³-hybridized carbons (Fsp3) is 0.167. The van der Waals surface area contributed by atoms with Crippen LogP contribution in [0.5, 0.6) is 0 Å². The average molecular weight is 229 g/mol. The standard InChI is InChI=1S/C12H11N3O2/c1-8(16)11(9(2)17)7-10-5-3-4-6-12(10)14-15-13/h3-7H,1-2H3. The molecule has 0 atom stereocenters. The first-order valence-electron chi connectivity index (χ1n) is 4.94. The van der Waals surface area contributed by atoms with Crippen LogP contribution in [0.1, 0.15) is 19.4 Å². The van der Waals surface area contributed by atoms with Gasteiger partial charge in [-0.1, -0.05) is 29.4 Å². The zero-order valence-corrected chi connectivity index (χ0v) is 9.54. The van der Waals surface area contributed by atoms with Crippen molar-refractivity contribution < 1.29 is 9.59 Å². The number of allylic oxidation sites excluding steroid dienone is 1. The summed E-state index contributed by atoms with van der Waals surface area (Å²) in [5, 5.41) is 3.49. The van der Waals surface area contributed by atoms with Crippen LogP contribution >= 0.6 is 0 Å². The van der Waals surface area contributed by atoms with Crippen molar-refractivity contribution in [2.45, 2.75) is 13.8 Å². The van der Waals surface area contributed by atoms with Gasteiger partial charge in [0.25, 0.3) is 0 Å². The third-order valence-electron chi connectivity index (χ3n) is 2.15. The van der Waals surface area contributed by atoms with Crippen molar-refractivity contribution >= 4 is 23.3 Å². The summed E-state index contributed by atoms with van der Waals surface area (Å²) in [4.78, 5) is 25.2. The molecule has 1 aromatic carbocycles. The Morgan fingerprint density at radius 2 is 1.82 bits per heavy atom. The predicted octanol–water partition coefficient (Wildman–Crippen LogP) is 3.19. The lowest BCUT2D eigenvalue weighted by Crippen LogP contribution is -2.05. The van der Waals surface area contributed by atoms with Crippen LogP contribution < -0.4 is 0 Å². The Morgan fingerprint density at radius 3 is 2.35 bits per heavy atom. The smallest absolute Gasteiger partial charge is 0.163 e. The molecule has 0 aliphatic carbocycles. The monoisotopic (exact) mass is 229 g/mol. The number of hydrogen-bond donors (Lipinski definition) is 0. The Morgan fingerprint density at radius 1 is 1.24 bits per heavy atom. The van der Waals surface area contributed by atoms with Crippen molar-refractivity contribution in [3.8, 4) is 0 Å². The van der Waals surface area contributed by atoms with E-state index in [9.17, 15) is 9.59 Å². The summed E-state index contributed by atoms with van der Waals surface area (Å²) >= 11 is 0. The number of hydrogen-bond acceptors (Lipinski definition) is 3. The second kappa shape index (κ2) is 5.63. The summed E-state index contributed by atoms with van der Waals surface area (Å²) in [6, 6.07) is 6.74. The zero-order valence-electron chi connectivity index (χ0n) is 9.54. The normalized spacial score (nSPS) is 9.06. The van der Waals surface area contributed by atoms with Crippen LogP contribution in [0.25, 0.3) is 16.5 Å². The van der Waals surface area contributed by atoms with Gasteiger partial charge in [-0.3, -0.25) is 9.59 Å². The molecule has 1 aromatic rings. The molecule has 5 nitrogen and oxygen atoms in total. The molecule has 0 N–H and O–H groups in total. The van der Waals surface area contributed by atoms with E-state index in [4.69, 9.17) is 5.53 Å². The highest BCUT2D eigenvalue weighted by Crippen LogP contribution is 2.22. The summed E-state index contributed by atoms with van der Waals surface area (Å²) in [5.74, 6) is -0.624. The van der Waals surface area contributed by atoms with Gasteiger partial charge >= 0.3 is 0 Å². The van der Waals surface area contributed by atoms with Crippen molar-refractivity contribution in [3.05, 3.63) is 45.8 Å². The van der Waals surface area contributed by atoms with Gasteiger partial charge in [-0.2, -0.15) is 0 Å². The maximum Gasteiger partial charge on any atom is 0.163 e. The van der Waals surface area contributed by atoms with Crippen LogP contribution in [0.3, 0.4) is 0 Å². The fourth-order valence-electron chi connectivity index (χ4n) is 1.36. The van der Waals surface area contributed by atoms with E-state index in [1.807, 2.05) is 0 Å². The molecule has 0 aliphatic heterocycles. The van der Waals surface area contributed by atoms with Crippen molar-refractivity contribution in [1.29, 1.82) is 0 Å². The van der Waals surface area contributed by atoms with E-state index < -0.39 is 0 Å². The summed E-state index contributed by atoms with van der Waals surface area (Å²) in [6.07, 6.45) is 1.44. The summed E-state index contributed by atoms with van der Waals surface area (Å²) in [5.41, 5.74) is 9.42. The number of nitrogens with zero attached hydrogens (tertiary/aromatic N) is 3. The first-order valence-corrected chi connectivity index (χ1v) is 4.94. The molecule has 17 heavy (non-hydrogen) atoms. The van der Waals surface area contributed by atoms with Gasteiger partial charge in [-0.15, -0.1) is 0 Å². The van der Waals surface area contributed by atoms with Crippen molar-refractivity contribution in [2.75, 3.05) is 0 Å². The van der Waals surface area contributed by atoms with Gasteiger partial charge < -0.3 is 0 Å². The SMILES string of the molecule is CC(=O)C(=Cc1ccccc1N=[N+]=[N-])C(C)=O. The topological polar surface area (TPSA) is 82.9 Å². The largest absolute Gasteiger partial charge is 0.294 e. The quantitative estimate of drug-likeness (QED) is 0.198. The van der Waals surface area contributed by atoms with Crippen LogP contribution in [0.2, 0.25) is 0 Å². The number of carbonyl (C=O) groups excluding carboxylic acids is 2. The molecule has 1 rings (SSSR count). The molecule has 86 valence electrons. The van der Waals surface area contributed by atoms with Gasteiger partial charge in [0.1, 0.15) is 0 Å². The van der Waals surface area contributed by atoms with Crippen LogP contribution in [0, 0.1) is 0 Å². The number of benzene rings is 1. The van der Waals surface area contributed by atoms with Gasteiger partial charge in [0.15, 0.2) is 11.6 Å². The number of carbonyl (C=O) groups is 2. The molecule has 0 unspecified atom stereocenters. The van der Waals surface area contributed by atoms with Crippen LogP contribution in [0.4, 0.5) is 5.69 Å². The highest BCUT2D eigenvalue weighted by molar-refractivity contribution is 6.21. The summed E-state index contributed by atoms with van der Waals surface area (Å²) in [7, 11) is 0. The Kier molecular flexibility index (Phi) is 4.20. The molecular formula is C12H11N3O2. The Bertz CT molecular complexity index is 524. The van der Waals surface area contributed by atoms with Crippen LogP contribution in [0.15, 0.2) is 35.0 Å². The highest BCUT2D eigenvalue weighted by Gasteiger charge is 2.10. The fourth-order valence-corrected chi connectivity index (χ4v) is 1.36. The molecule has 0 aliphatic rings. The second-order valence-corrected chi connectivity index (χ2v) is 3.42. The van der Waals surface area contributed by atoms with Crippen molar-refractivity contribution in [1.82, 2.24) is 0 Å². The van der Waals surface area contributed by atoms with Gasteiger partial charge in [0.2, 0.25) is 0 Å². The average Bonchev–Trinajstić information content (AvgIpc) is 2.27. The van der Waals surface area contributed by atoms with E-state index in [1.165, 1.54) is 19.9 Å². The van der Waals surface area contributed by atoms with E-state index >= 15 is 0 Å². The molecule has 0 aromatic heterocycles. The number of ketones is 2. The zero-order chi connectivity index (χ0) is 12.8. The van der Waals surface area contributed by atoms with E-state index in [0.717, 1.165) is 0 Å². The predicted molar refractivity (Wildman–Crippen MR) is 64.6 cm³/mol. The minimum Gasteiger partial charge on any atom is -0.294 e. The minimum absolute atomic E-state index is 0.0885. The lowest BCUT2D eigenvalue weighted by Gasteiger charge is -2.01. The first-order chi connectivity index (χ1) is 8.06. The molecule has 5 heteroatoms. The van der Waals surface area contributed by atoms with Gasteiger partial charge in [-0.05, 0) is 31.0 Å².